The minimum Gasteiger partial charge on any atom is -0.493 e. The Kier molecular flexibility index (Phi) is 7.56. The van der Waals surface area contributed by atoms with Crippen molar-refractivity contribution >= 4 is 56.5 Å². The van der Waals surface area contributed by atoms with Gasteiger partial charge in [-0.2, -0.15) is 0 Å². The zero-order chi connectivity index (χ0) is 22.5. The summed E-state index contributed by atoms with van der Waals surface area (Å²) in [5, 5.41) is 2.30. The molecule has 8 heteroatoms. The second-order valence-corrected chi connectivity index (χ2v) is 9.07. The number of halogens is 1. The molecule has 0 saturated carbocycles. The summed E-state index contributed by atoms with van der Waals surface area (Å²) >= 11 is 4.24. The third-order valence-corrected chi connectivity index (χ3v) is 5.95. The molecule has 1 aliphatic heterocycles. The van der Waals surface area contributed by atoms with Crippen LogP contribution in [0.4, 0.5) is 10.5 Å². The molecule has 1 saturated heterocycles. The van der Waals surface area contributed by atoms with Crippen LogP contribution in [0.5, 0.6) is 5.75 Å². The first kappa shape index (κ1) is 23.1. The van der Waals surface area contributed by atoms with Crippen LogP contribution < -0.4 is 10.1 Å². The molecule has 0 aromatic heterocycles. The Morgan fingerprint density at radius 2 is 1.97 bits per heavy atom. The largest absolute Gasteiger partial charge is 0.493 e. The number of hydrogen-bond acceptors (Lipinski definition) is 5. The van der Waals surface area contributed by atoms with E-state index in [0.29, 0.717) is 23.6 Å². The number of carbonyl (C=O) groups excluding carboxylic acids is 3. The molecular formula is C23H23BrN2O4S. The molecule has 2 aromatic rings. The SMILES string of the molecule is CCCOc1ccc(Br)cc1/C=C1/SC(=O)N(CC(=O)Nc2ccc(C)cc2C)C1=O. The van der Waals surface area contributed by atoms with Gasteiger partial charge < -0.3 is 10.1 Å². The Balaban J connectivity index is 1.75. The summed E-state index contributed by atoms with van der Waals surface area (Å²) in [5.41, 5.74) is 3.34. The highest BCUT2D eigenvalue weighted by Crippen LogP contribution is 2.35. The van der Waals surface area contributed by atoms with Crippen LogP contribution in [0.3, 0.4) is 0 Å². The summed E-state index contributed by atoms with van der Waals surface area (Å²) in [6.45, 7) is 6.07. The number of benzene rings is 2. The molecular weight excluding hydrogens is 480 g/mol. The highest BCUT2D eigenvalue weighted by atomic mass is 79.9. The lowest BCUT2D eigenvalue weighted by atomic mass is 10.1. The van der Waals surface area contributed by atoms with E-state index in [1.807, 2.05) is 51.1 Å². The van der Waals surface area contributed by atoms with E-state index in [1.54, 1.807) is 12.1 Å². The van der Waals surface area contributed by atoms with Gasteiger partial charge in [0.25, 0.3) is 11.1 Å². The van der Waals surface area contributed by atoms with Crippen molar-refractivity contribution in [3.63, 3.8) is 0 Å². The quantitative estimate of drug-likeness (QED) is 0.503. The zero-order valence-corrected chi connectivity index (χ0v) is 19.9. The van der Waals surface area contributed by atoms with Crippen LogP contribution in [-0.4, -0.2) is 35.1 Å². The average Bonchev–Trinajstić information content (AvgIpc) is 2.97. The van der Waals surface area contributed by atoms with Gasteiger partial charge in [0.1, 0.15) is 12.3 Å². The number of carbonyl (C=O) groups is 3. The number of ether oxygens (including phenoxy) is 1. The van der Waals surface area contributed by atoms with E-state index in [2.05, 4.69) is 21.2 Å². The molecule has 1 fully saturated rings. The Labute approximate surface area is 194 Å². The number of amides is 3. The minimum absolute atomic E-state index is 0.253. The molecule has 0 bridgehead atoms. The number of hydrogen-bond donors (Lipinski definition) is 1. The second kappa shape index (κ2) is 10.2. The number of imide groups is 1. The van der Waals surface area contributed by atoms with Crippen molar-refractivity contribution in [2.24, 2.45) is 0 Å². The number of nitrogens with zero attached hydrogens (tertiary/aromatic N) is 1. The van der Waals surface area contributed by atoms with Gasteiger partial charge in [-0.25, -0.2) is 0 Å². The molecule has 0 unspecified atom stereocenters. The average molecular weight is 503 g/mol. The Morgan fingerprint density at radius 3 is 2.68 bits per heavy atom. The van der Waals surface area contributed by atoms with Crippen molar-refractivity contribution in [1.29, 1.82) is 0 Å². The van der Waals surface area contributed by atoms with Crippen molar-refractivity contribution in [2.45, 2.75) is 27.2 Å². The van der Waals surface area contributed by atoms with Crippen LogP contribution in [0.2, 0.25) is 0 Å². The fraction of sp³-hybridized carbons (Fsp3) is 0.261. The molecule has 0 aliphatic carbocycles. The number of thioether (sulfide) groups is 1. The van der Waals surface area contributed by atoms with Gasteiger partial charge in [-0.05, 0) is 67.9 Å². The molecule has 1 aliphatic rings. The normalized spacial score (nSPS) is 15.0. The van der Waals surface area contributed by atoms with E-state index in [-0.39, 0.29) is 11.4 Å². The topological polar surface area (TPSA) is 75.7 Å². The highest BCUT2D eigenvalue weighted by molar-refractivity contribution is 9.10. The smallest absolute Gasteiger partial charge is 0.294 e. The van der Waals surface area contributed by atoms with E-state index >= 15 is 0 Å². The third-order valence-electron chi connectivity index (χ3n) is 4.55. The molecule has 0 atom stereocenters. The first-order valence-corrected chi connectivity index (χ1v) is 11.4. The summed E-state index contributed by atoms with van der Waals surface area (Å²) < 4.78 is 6.57. The van der Waals surface area contributed by atoms with Crippen LogP contribution >= 0.6 is 27.7 Å². The van der Waals surface area contributed by atoms with Crippen LogP contribution in [0.25, 0.3) is 6.08 Å². The van der Waals surface area contributed by atoms with E-state index in [4.69, 9.17) is 4.74 Å². The number of aryl methyl sites for hydroxylation is 2. The van der Waals surface area contributed by atoms with Crippen LogP contribution in [-0.2, 0) is 9.59 Å². The highest BCUT2D eigenvalue weighted by Gasteiger charge is 2.36. The van der Waals surface area contributed by atoms with Gasteiger partial charge in [0.05, 0.1) is 11.5 Å². The minimum atomic E-state index is -0.493. The van der Waals surface area contributed by atoms with E-state index in [1.165, 1.54) is 0 Å². The standard InChI is InChI=1S/C23H23BrN2O4S/c1-4-9-30-19-8-6-17(24)11-16(19)12-20-22(28)26(23(29)31-20)13-21(27)25-18-7-5-14(2)10-15(18)3/h5-8,10-12H,4,9,13H2,1-3H3,(H,25,27)/b20-12+. The molecule has 2 aromatic carbocycles. The van der Waals surface area contributed by atoms with Crippen molar-refractivity contribution in [3.05, 3.63) is 62.5 Å². The lowest BCUT2D eigenvalue weighted by Crippen LogP contribution is -2.36. The third kappa shape index (κ3) is 5.77. The molecule has 0 spiro atoms. The van der Waals surface area contributed by atoms with Crippen LogP contribution in [0, 0.1) is 13.8 Å². The molecule has 162 valence electrons. The van der Waals surface area contributed by atoms with Gasteiger partial charge in [-0.3, -0.25) is 19.3 Å². The zero-order valence-electron chi connectivity index (χ0n) is 17.5. The summed E-state index contributed by atoms with van der Waals surface area (Å²) in [6.07, 6.45) is 2.48. The molecule has 3 amide bonds. The maximum absolute atomic E-state index is 12.8. The monoisotopic (exact) mass is 502 g/mol. The van der Waals surface area contributed by atoms with Gasteiger partial charge in [-0.15, -0.1) is 0 Å². The van der Waals surface area contributed by atoms with Gasteiger partial charge >= 0.3 is 0 Å². The molecule has 3 rings (SSSR count). The molecule has 31 heavy (non-hydrogen) atoms. The maximum Gasteiger partial charge on any atom is 0.294 e. The second-order valence-electron chi connectivity index (χ2n) is 7.17. The maximum atomic E-state index is 12.8. The van der Waals surface area contributed by atoms with Gasteiger partial charge in [0, 0.05) is 15.7 Å². The van der Waals surface area contributed by atoms with Gasteiger partial charge in [-0.1, -0.05) is 40.5 Å². The lowest BCUT2D eigenvalue weighted by molar-refractivity contribution is -0.127. The van der Waals surface area contributed by atoms with Gasteiger partial charge in [0.15, 0.2) is 0 Å². The van der Waals surface area contributed by atoms with Crippen molar-refractivity contribution in [2.75, 3.05) is 18.5 Å². The van der Waals surface area contributed by atoms with Crippen molar-refractivity contribution in [3.8, 4) is 5.75 Å². The predicted molar refractivity (Wildman–Crippen MR) is 127 cm³/mol. The number of rotatable bonds is 7. The Morgan fingerprint density at radius 1 is 1.19 bits per heavy atom. The number of anilines is 1. The number of nitrogens with one attached hydrogen (secondary N) is 1. The summed E-state index contributed by atoms with van der Waals surface area (Å²) in [7, 11) is 0. The first-order valence-electron chi connectivity index (χ1n) is 9.83. The predicted octanol–water partition coefficient (Wildman–Crippen LogP) is 5.53. The Hall–Kier alpha value is -2.58. The van der Waals surface area contributed by atoms with Crippen LogP contribution in [0.15, 0.2) is 45.8 Å². The summed E-state index contributed by atoms with van der Waals surface area (Å²) in [5.74, 6) is -0.290. The molecule has 0 radical (unpaired) electrons. The van der Waals surface area contributed by atoms with Crippen LogP contribution in [0.1, 0.15) is 30.0 Å². The lowest BCUT2D eigenvalue weighted by Gasteiger charge is -2.14. The summed E-state index contributed by atoms with van der Waals surface area (Å²) in [6, 6.07) is 11.1. The van der Waals surface area contributed by atoms with E-state index in [9.17, 15) is 14.4 Å². The van der Waals surface area contributed by atoms with Crippen molar-refractivity contribution < 1.29 is 19.1 Å². The van der Waals surface area contributed by atoms with E-state index in [0.717, 1.165) is 38.7 Å². The first-order chi connectivity index (χ1) is 14.8. The van der Waals surface area contributed by atoms with Gasteiger partial charge in [0.2, 0.25) is 5.91 Å². The molecule has 1 N–H and O–H groups in total. The molecule has 1 heterocycles. The fourth-order valence-corrected chi connectivity index (χ4v) is 4.25. The molecule has 6 nitrogen and oxygen atoms in total. The van der Waals surface area contributed by atoms with Crippen molar-refractivity contribution in [1.82, 2.24) is 4.90 Å². The fourth-order valence-electron chi connectivity index (χ4n) is 3.04. The Bertz CT molecular complexity index is 1070. The van der Waals surface area contributed by atoms with E-state index < -0.39 is 17.1 Å². The summed E-state index contributed by atoms with van der Waals surface area (Å²) in [4.78, 5) is 38.9.